The van der Waals surface area contributed by atoms with Crippen molar-refractivity contribution in [2.75, 3.05) is 10.0 Å². The smallest absolute Gasteiger partial charge is 0.272 e. The minimum absolute atomic E-state index is 0.100. The first-order valence-electron chi connectivity index (χ1n) is 6.45. The van der Waals surface area contributed by atoms with Crippen LogP contribution in [0.25, 0.3) is 0 Å². The summed E-state index contributed by atoms with van der Waals surface area (Å²) in [6, 6.07) is 12.1. The highest BCUT2D eigenvalue weighted by atomic mass is 32.2. The van der Waals surface area contributed by atoms with Gasteiger partial charge in [0.2, 0.25) is 0 Å². The van der Waals surface area contributed by atoms with E-state index in [1.807, 2.05) is 0 Å². The van der Waals surface area contributed by atoms with Gasteiger partial charge < -0.3 is 5.32 Å². The molecule has 0 aliphatic heterocycles. The zero-order valence-electron chi connectivity index (χ0n) is 11.6. The van der Waals surface area contributed by atoms with Gasteiger partial charge in [0.1, 0.15) is 10.0 Å². The maximum Gasteiger partial charge on any atom is 0.272 e. The van der Waals surface area contributed by atoms with Crippen LogP contribution in [0.1, 0.15) is 0 Å². The average molecular weight is 350 g/mol. The number of hydrogen-bond acceptors (Lipinski definition) is 6. The molecule has 0 aliphatic rings. The molecule has 0 saturated carbocycles. The highest BCUT2D eigenvalue weighted by Gasteiger charge is 2.15. The fourth-order valence-electron chi connectivity index (χ4n) is 1.77. The maximum absolute atomic E-state index is 13.1. The number of halogens is 1. The van der Waals surface area contributed by atoms with Gasteiger partial charge in [-0.05, 0) is 41.8 Å². The molecule has 3 aromatic rings. The average Bonchev–Trinajstić information content (AvgIpc) is 3.04. The summed E-state index contributed by atoms with van der Waals surface area (Å²) in [6.45, 7) is 0. The number of anilines is 3. The molecular formula is C14H11FN4O2S2. The van der Waals surface area contributed by atoms with Crippen molar-refractivity contribution in [3.8, 4) is 0 Å². The Labute approximate surface area is 136 Å². The van der Waals surface area contributed by atoms with Crippen LogP contribution >= 0.6 is 11.3 Å². The molecule has 0 spiro atoms. The van der Waals surface area contributed by atoms with Gasteiger partial charge >= 0.3 is 0 Å². The number of thiophene rings is 1. The number of sulfonamides is 1. The van der Waals surface area contributed by atoms with E-state index in [9.17, 15) is 12.8 Å². The summed E-state index contributed by atoms with van der Waals surface area (Å²) in [6.07, 6.45) is 0. The zero-order valence-corrected chi connectivity index (χ0v) is 13.2. The Morgan fingerprint density at radius 1 is 1.00 bits per heavy atom. The molecule has 23 heavy (non-hydrogen) atoms. The predicted octanol–water partition coefficient (Wildman–Crippen LogP) is 3.22. The van der Waals surface area contributed by atoms with Gasteiger partial charge in [-0.1, -0.05) is 12.1 Å². The SMILES string of the molecule is O=S(=O)(Nc1ccc(Nc2cccc(F)c2)nn1)c1cccs1. The highest BCUT2D eigenvalue weighted by Crippen LogP contribution is 2.20. The van der Waals surface area contributed by atoms with Gasteiger partial charge in [0.15, 0.2) is 11.6 Å². The molecule has 0 aliphatic carbocycles. The van der Waals surface area contributed by atoms with Crippen molar-refractivity contribution >= 4 is 38.7 Å². The van der Waals surface area contributed by atoms with Crippen LogP contribution in [-0.4, -0.2) is 18.6 Å². The Kier molecular flexibility index (Phi) is 4.22. The molecule has 0 unspecified atom stereocenters. The fraction of sp³-hybridized carbons (Fsp3) is 0. The lowest BCUT2D eigenvalue weighted by Gasteiger charge is -2.07. The lowest BCUT2D eigenvalue weighted by molar-refractivity contribution is 0.603. The first-order chi connectivity index (χ1) is 11.0. The Balaban J connectivity index is 1.72. The van der Waals surface area contributed by atoms with Crippen molar-refractivity contribution in [1.29, 1.82) is 0 Å². The van der Waals surface area contributed by atoms with E-state index in [1.165, 1.54) is 24.3 Å². The summed E-state index contributed by atoms with van der Waals surface area (Å²) >= 11 is 1.11. The molecule has 2 aromatic heterocycles. The number of benzene rings is 1. The van der Waals surface area contributed by atoms with Gasteiger partial charge in [-0.15, -0.1) is 21.5 Å². The summed E-state index contributed by atoms with van der Waals surface area (Å²) in [4.78, 5) is 0. The molecule has 3 rings (SSSR count). The fourth-order valence-corrected chi connectivity index (χ4v) is 3.76. The third kappa shape index (κ3) is 3.82. The van der Waals surface area contributed by atoms with E-state index >= 15 is 0 Å². The van der Waals surface area contributed by atoms with Gasteiger partial charge in [-0.3, -0.25) is 4.72 Å². The third-order valence-electron chi connectivity index (χ3n) is 2.76. The molecular weight excluding hydrogens is 339 g/mol. The molecule has 1 aromatic carbocycles. The molecule has 2 N–H and O–H groups in total. The summed E-state index contributed by atoms with van der Waals surface area (Å²) in [7, 11) is -3.65. The molecule has 0 radical (unpaired) electrons. The highest BCUT2D eigenvalue weighted by molar-refractivity contribution is 7.94. The molecule has 0 fully saturated rings. The van der Waals surface area contributed by atoms with E-state index in [0.717, 1.165) is 11.3 Å². The lowest BCUT2D eigenvalue weighted by Crippen LogP contribution is -2.13. The van der Waals surface area contributed by atoms with E-state index < -0.39 is 10.0 Å². The van der Waals surface area contributed by atoms with Crippen LogP contribution in [0.5, 0.6) is 0 Å². The molecule has 0 bridgehead atoms. The van der Waals surface area contributed by atoms with Crippen molar-refractivity contribution in [2.24, 2.45) is 0 Å². The van der Waals surface area contributed by atoms with Gasteiger partial charge in [0.05, 0.1) is 0 Å². The van der Waals surface area contributed by atoms with Gasteiger partial charge in [0.25, 0.3) is 10.0 Å². The number of nitrogens with zero attached hydrogens (tertiary/aromatic N) is 2. The summed E-state index contributed by atoms with van der Waals surface area (Å²) in [5.74, 6) is 0.0983. The van der Waals surface area contributed by atoms with E-state index in [0.29, 0.717) is 11.5 Å². The van der Waals surface area contributed by atoms with Crippen molar-refractivity contribution in [1.82, 2.24) is 10.2 Å². The first kappa shape index (κ1) is 15.4. The zero-order chi connectivity index (χ0) is 16.3. The van der Waals surface area contributed by atoms with E-state index in [-0.39, 0.29) is 15.8 Å². The number of nitrogens with one attached hydrogen (secondary N) is 2. The minimum atomic E-state index is -3.65. The molecule has 0 saturated heterocycles. The monoisotopic (exact) mass is 350 g/mol. The predicted molar refractivity (Wildman–Crippen MR) is 86.8 cm³/mol. The van der Waals surface area contributed by atoms with E-state index in [2.05, 4.69) is 20.2 Å². The van der Waals surface area contributed by atoms with Crippen molar-refractivity contribution in [3.63, 3.8) is 0 Å². The Morgan fingerprint density at radius 2 is 1.78 bits per heavy atom. The minimum Gasteiger partial charge on any atom is -0.339 e. The molecule has 9 heteroatoms. The third-order valence-corrected chi connectivity index (χ3v) is 5.51. The van der Waals surface area contributed by atoms with Gasteiger partial charge in [0, 0.05) is 5.69 Å². The Morgan fingerprint density at radius 3 is 2.43 bits per heavy atom. The second-order valence-corrected chi connectivity index (χ2v) is 7.33. The Hall–Kier alpha value is -2.52. The van der Waals surface area contributed by atoms with Gasteiger partial charge in [-0.25, -0.2) is 12.8 Å². The second-order valence-electron chi connectivity index (χ2n) is 4.48. The number of rotatable bonds is 5. The van der Waals surface area contributed by atoms with Crippen LogP contribution in [-0.2, 0) is 10.0 Å². The Bertz CT molecular complexity index is 897. The second kappa shape index (κ2) is 6.31. The molecule has 2 heterocycles. The van der Waals surface area contributed by atoms with Crippen LogP contribution < -0.4 is 10.0 Å². The van der Waals surface area contributed by atoms with Crippen molar-refractivity contribution in [3.05, 3.63) is 59.7 Å². The number of hydrogen-bond donors (Lipinski definition) is 2. The quantitative estimate of drug-likeness (QED) is 0.738. The molecule has 118 valence electrons. The topological polar surface area (TPSA) is 84.0 Å². The lowest BCUT2D eigenvalue weighted by atomic mass is 10.3. The van der Waals surface area contributed by atoms with E-state index in [1.54, 1.807) is 29.6 Å². The summed E-state index contributed by atoms with van der Waals surface area (Å²) in [5, 5.41) is 12.2. The largest absolute Gasteiger partial charge is 0.339 e. The summed E-state index contributed by atoms with van der Waals surface area (Å²) in [5.41, 5.74) is 0.520. The first-order valence-corrected chi connectivity index (χ1v) is 8.82. The standard InChI is InChI=1S/C14H11FN4O2S2/c15-10-3-1-4-11(9-10)16-12-6-7-13(18-17-12)19-23(20,21)14-5-2-8-22-14/h1-9H,(H,16,17)(H,18,19). The maximum atomic E-state index is 13.1. The summed E-state index contributed by atoms with van der Waals surface area (Å²) < 4.78 is 39.7. The molecule has 0 amide bonds. The van der Waals surface area contributed by atoms with Crippen molar-refractivity contribution < 1.29 is 12.8 Å². The van der Waals surface area contributed by atoms with Crippen LogP contribution in [0, 0.1) is 5.82 Å². The van der Waals surface area contributed by atoms with Gasteiger partial charge in [-0.2, -0.15) is 0 Å². The van der Waals surface area contributed by atoms with Crippen LogP contribution in [0.2, 0.25) is 0 Å². The molecule has 6 nitrogen and oxygen atoms in total. The van der Waals surface area contributed by atoms with Crippen LogP contribution in [0.3, 0.4) is 0 Å². The molecule has 0 atom stereocenters. The van der Waals surface area contributed by atoms with E-state index in [4.69, 9.17) is 0 Å². The normalized spacial score (nSPS) is 11.2. The van der Waals surface area contributed by atoms with Crippen molar-refractivity contribution in [2.45, 2.75) is 4.21 Å². The van der Waals surface area contributed by atoms with Crippen LogP contribution in [0.15, 0.2) is 58.1 Å². The number of aromatic nitrogens is 2. The van der Waals surface area contributed by atoms with Crippen LogP contribution in [0.4, 0.5) is 21.7 Å².